The minimum atomic E-state index is -4.83. The van der Waals surface area contributed by atoms with Crippen LogP contribution in [0.1, 0.15) is 18.5 Å². The lowest BCUT2D eigenvalue weighted by Crippen LogP contribution is -2.25. The molecule has 0 saturated heterocycles. The van der Waals surface area contributed by atoms with Crippen molar-refractivity contribution in [3.05, 3.63) is 64.3 Å². The second-order valence-corrected chi connectivity index (χ2v) is 5.63. The summed E-state index contributed by atoms with van der Waals surface area (Å²) >= 11 is 0. The lowest BCUT2D eigenvalue weighted by Gasteiger charge is -2.19. The largest absolute Gasteiger partial charge is 0.573 e. The molecule has 0 amide bonds. The Labute approximate surface area is 144 Å². The number of anilines is 1. The van der Waals surface area contributed by atoms with Crippen LogP contribution >= 0.6 is 0 Å². The zero-order valence-electron chi connectivity index (χ0n) is 13.4. The summed E-state index contributed by atoms with van der Waals surface area (Å²) in [5.74, 6) is -1.14. The standard InChI is InChI=1S/C17H13F4N3O2/c1-9(10-3-2-4-11(5-10)26-17(19,20)21)24-15-6-12(18)13(22)7-14(15)23-8-16(24)25/h2-9H,22H2,1H3/t9-/m0/s1. The number of hydrogen-bond donors (Lipinski definition) is 1. The van der Waals surface area contributed by atoms with E-state index < -0.39 is 29.5 Å². The monoisotopic (exact) mass is 367 g/mol. The van der Waals surface area contributed by atoms with Crippen molar-refractivity contribution in [3.63, 3.8) is 0 Å². The van der Waals surface area contributed by atoms with Crippen LogP contribution in [0.2, 0.25) is 0 Å². The molecule has 3 aromatic rings. The first-order valence-corrected chi connectivity index (χ1v) is 7.47. The van der Waals surface area contributed by atoms with E-state index in [1.165, 1.54) is 22.8 Å². The smallest absolute Gasteiger partial charge is 0.406 e. The number of rotatable bonds is 3. The van der Waals surface area contributed by atoms with Crippen molar-refractivity contribution in [3.8, 4) is 5.75 Å². The molecule has 0 spiro atoms. The number of nitrogens with two attached hydrogens (primary N) is 1. The van der Waals surface area contributed by atoms with E-state index in [1.54, 1.807) is 13.0 Å². The molecule has 2 aromatic carbocycles. The summed E-state index contributed by atoms with van der Waals surface area (Å²) in [6.07, 6.45) is -3.78. The number of ether oxygens (including phenoxy) is 1. The van der Waals surface area contributed by atoms with Crippen LogP contribution in [0.4, 0.5) is 23.2 Å². The second kappa shape index (κ2) is 6.32. The maximum atomic E-state index is 13.9. The molecular weight excluding hydrogens is 354 g/mol. The molecule has 0 radical (unpaired) electrons. The summed E-state index contributed by atoms with van der Waals surface area (Å²) in [6.45, 7) is 1.60. The third-order valence-corrected chi connectivity index (χ3v) is 3.87. The van der Waals surface area contributed by atoms with Crippen LogP contribution in [0.5, 0.6) is 5.75 Å². The van der Waals surface area contributed by atoms with Crippen molar-refractivity contribution in [2.45, 2.75) is 19.3 Å². The number of aromatic nitrogens is 2. The van der Waals surface area contributed by atoms with E-state index in [9.17, 15) is 22.4 Å². The van der Waals surface area contributed by atoms with Gasteiger partial charge in [-0.05, 0) is 30.7 Å². The molecule has 0 aliphatic carbocycles. The number of hydrogen-bond acceptors (Lipinski definition) is 4. The van der Waals surface area contributed by atoms with Crippen LogP contribution in [0.25, 0.3) is 11.0 Å². The van der Waals surface area contributed by atoms with Crippen LogP contribution in [-0.4, -0.2) is 15.9 Å². The van der Waals surface area contributed by atoms with Gasteiger partial charge < -0.3 is 10.5 Å². The fourth-order valence-electron chi connectivity index (χ4n) is 2.69. The molecule has 5 nitrogen and oxygen atoms in total. The SMILES string of the molecule is C[C@@H](c1cccc(OC(F)(F)F)c1)n1c(=O)cnc2cc(N)c(F)cc21. The highest BCUT2D eigenvalue weighted by Crippen LogP contribution is 2.28. The van der Waals surface area contributed by atoms with Crippen molar-refractivity contribution in [1.82, 2.24) is 9.55 Å². The highest BCUT2D eigenvalue weighted by atomic mass is 19.4. The fraction of sp³-hybridized carbons (Fsp3) is 0.176. The van der Waals surface area contributed by atoms with Gasteiger partial charge in [-0.15, -0.1) is 13.2 Å². The maximum Gasteiger partial charge on any atom is 0.573 e. The Morgan fingerprint density at radius 2 is 1.96 bits per heavy atom. The van der Waals surface area contributed by atoms with Gasteiger partial charge in [-0.25, -0.2) is 9.37 Å². The highest BCUT2D eigenvalue weighted by molar-refractivity contribution is 5.79. The summed E-state index contributed by atoms with van der Waals surface area (Å²) in [6, 6.07) is 6.90. The molecule has 9 heteroatoms. The Morgan fingerprint density at radius 3 is 2.65 bits per heavy atom. The Morgan fingerprint density at radius 1 is 1.23 bits per heavy atom. The van der Waals surface area contributed by atoms with E-state index in [1.807, 2.05) is 0 Å². The molecule has 1 aromatic heterocycles. The Bertz CT molecular complexity index is 1030. The molecule has 0 saturated carbocycles. The number of benzene rings is 2. The van der Waals surface area contributed by atoms with E-state index in [0.29, 0.717) is 5.56 Å². The molecular formula is C17H13F4N3O2. The molecule has 0 unspecified atom stereocenters. The van der Waals surface area contributed by atoms with Crippen LogP contribution < -0.4 is 16.0 Å². The molecule has 3 rings (SSSR count). The molecule has 136 valence electrons. The van der Waals surface area contributed by atoms with Gasteiger partial charge in [0, 0.05) is 6.07 Å². The van der Waals surface area contributed by atoms with Gasteiger partial charge >= 0.3 is 6.36 Å². The zero-order valence-corrected chi connectivity index (χ0v) is 13.4. The molecule has 0 bridgehead atoms. The number of nitrogen functional groups attached to an aromatic ring is 1. The number of fused-ring (bicyclic) bond motifs is 1. The second-order valence-electron chi connectivity index (χ2n) is 5.63. The Kier molecular flexibility index (Phi) is 4.31. The van der Waals surface area contributed by atoms with Gasteiger partial charge in [0.25, 0.3) is 5.56 Å². The van der Waals surface area contributed by atoms with Crippen LogP contribution in [0, 0.1) is 5.82 Å². The Balaban J connectivity index is 2.12. The van der Waals surface area contributed by atoms with E-state index >= 15 is 0 Å². The third-order valence-electron chi connectivity index (χ3n) is 3.87. The van der Waals surface area contributed by atoms with Gasteiger partial charge in [0.2, 0.25) is 0 Å². The molecule has 26 heavy (non-hydrogen) atoms. The van der Waals surface area contributed by atoms with E-state index in [-0.39, 0.29) is 16.7 Å². The van der Waals surface area contributed by atoms with E-state index in [0.717, 1.165) is 18.3 Å². The molecule has 0 aliphatic rings. The minimum Gasteiger partial charge on any atom is -0.406 e. The van der Waals surface area contributed by atoms with Gasteiger partial charge in [-0.2, -0.15) is 0 Å². The van der Waals surface area contributed by atoms with Gasteiger partial charge in [-0.3, -0.25) is 9.36 Å². The van der Waals surface area contributed by atoms with Crippen LogP contribution in [0.3, 0.4) is 0 Å². The lowest BCUT2D eigenvalue weighted by atomic mass is 10.1. The quantitative estimate of drug-likeness (QED) is 0.567. The zero-order chi connectivity index (χ0) is 19.1. The predicted octanol–water partition coefficient (Wildman–Crippen LogP) is 3.63. The third kappa shape index (κ3) is 3.46. The van der Waals surface area contributed by atoms with E-state index in [4.69, 9.17) is 5.73 Å². The first-order valence-electron chi connectivity index (χ1n) is 7.47. The molecule has 2 N–H and O–H groups in total. The van der Waals surface area contributed by atoms with Crippen molar-refractivity contribution in [2.24, 2.45) is 0 Å². The average molecular weight is 367 g/mol. The topological polar surface area (TPSA) is 70.1 Å². The van der Waals surface area contributed by atoms with Gasteiger partial charge in [0.15, 0.2) is 0 Å². The predicted molar refractivity (Wildman–Crippen MR) is 87.3 cm³/mol. The Hall–Kier alpha value is -3.10. The highest BCUT2D eigenvalue weighted by Gasteiger charge is 2.31. The van der Waals surface area contributed by atoms with E-state index in [2.05, 4.69) is 9.72 Å². The first-order chi connectivity index (χ1) is 12.2. The summed E-state index contributed by atoms with van der Waals surface area (Å²) in [7, 11) is 0. The number of halogens is 4. The summed E-state index contributed by atoms with van der Waals surface area (Å²) in [5.41, 5.74) is 5.70. The van der Waals surface area contributed by atoms with Gasteiger partial charge in [0.05, 0.1) is 29.0 Å². The molecule has 1 heterocycles. The van der Waals surface area contributed by atoms with Crippen molar-refractivity contribution in [1.29, 1.82) is 0 Å². The summed E-state index contributed by atoms with van der Waals surface area (Å²) in [5, 5.41) is 0. The minimum absolute atomic E-state index is 0.122. The molecule has 0 fully saturated rings. The summed E-state index contributed by atoms with van der Waals surface area (Å²) < 4.78 is 56.2. The van der Waals surface area contributed by atoms with Crippen LogP contribution in [-0.2, 0) is 0 Å². The number of alkyl halides is 3. The van der Waals surface area contributed by atoms with Crippen LogP contribution in [0.15, 0.2) is 47.4 Å². The molecule has 0 aliphatic heterocycles. The molecule has 1 atom stereocenters. The van der Waals surface area contributed by atoms with Crippen molar-refractivity contribution < 1.29 is 22.3 Å². The average Bonchev–Trinajstić information content (AvgIpc) is 2.54. The van der Waals surface area contributed by atoms with Gasteiger partial charge in [0.1, 0.15) is 11.6 Å². The van der Waals surface area contributed by atoms with Crippen molar-refractivity contribution in [2.75, 3.05) is 5.73 Å². The van der Waals surface area contributed by atoms with Crippen molar-refractivity contribution >= 4 is 16.7 Å². The maximum absolute atomic E-state index is 13.9. The normalized spacial score (nSPS) is 13.0. The number of nitrogens with zero attached hydrogens (tertiary/aromatic N) is 2. The fourth-order valence-corrected chi connectivity index (χ4v) is 2.69. The first kappa shape index (κ1) is 17.7. The van der Waals surface area contributed by atoms with Gasteiger partial charge in [-0.1, -0.05) is 12.1 Å². The lowest BCUT2D eigenvalue weighted by molar-refractivity contribution is -0.274. The summed E-state index contributed by atoms with van der Waals surface area (Å²) in [4.78, 5) is 16.2.